The van der Waals surface area contributed by atoms with Crippen LogP contribution in [0.1, 0.15) is 31.7 Å². The Bertz CT molecular complexity index is 479. The average molecular weight is 310 g/mol. The molecule has 5 heteroatoms. The first kappa shape index (κ1) is 15.6. The van der Waals surface area contributed by atoms with E-state index in [9.17, 15) is 0 Å². The highest BCUT2D eigenvalue weighted by Gasteiger charge is 2.25. The van der Waals surface area contributed by atoms with Gasteiger partial charge in [-0.2, -0.15) is 0 Å². The van der Waals surface area contributed by atoms with Gasteiger partial charge in [0, 0.05) is 29.3 Å². The van der Waals surface area contributed by atoms with Crippen LogP contribution in [0.4, 0.5) is 5.69 Å². The minimum Gasteiger partial charge on any atom is -0.389 e. The Kier molecular flexibility index (Phi) is 5.69. The fourth-order valence-electron chi connectivity index (χ4n) is 2.69. The second kappa shape index (κ2) is 7.29. The summed E-state index contributed by atoms with van der Waals surface area (Å²) >= 11 is 7.01. The molecule has 0 radical (unpaired) electrons. The van der Waals surface area contributed by atoms with Crippen molar-refractivity contribution in [3.63, 3.8) is 0 Å². The van der Waals surface area contributed by atoms with E-state index in [0.29, 0.717) is 17.1 Å². The van der Waals surface area contributed by atoms with Gasteiger partial charge in [0.15, 0.2) is 0 Å². The topological polar surface area (TPSA) is 47.3 Å². The zero-order chi connectivity index (χ0) is 14.5. The Hall–Kier alpha value is -0.780. The molecule has 1 aromatic carbocycles. The van der Waals surface area contributed by atoms with Gasteiger partial charge in [-0.25, -0.2) is 0 Å². The molecule has 110 valence electrons. The number of methoxy groups -OCH3 is 1. The molecule has 1 aliphatic carbocycles. The van der Waals surface area contributed by atoms with Crippen molar-refractivity contribution in [1.29, 1.82) is 0 Å². The Labute approximate surface area is 130 Å². The van der Waals surface area contributed by atoms with Crippen molar-refractivity contribution in [3.05, 3.63) is 23.8 Å². The summed E-state index contributed by atoms with van der Waals surface area (Å²) in [4.78, 5) is 1.62. The maximum Gasteiger partial charge on any atom is 0.107 e. The van der Waals surface area contributed by atoms with E-state index in [1.807, 2.05) is 0 Å². The number of hydrogen-bond acceptors (Lipinski definition) is 4. The number of nitrogens with two attached hydrogens (primary N) is 1. The summed E-state index contributed by atoms with van der Waals surface area (Å²) in [5, 5.41) is 3.59. The highest BCUT2D eigenvalue weighted by atomic mass is 32.2. The molecule has 0 spiro atoms. The lowest BCUT2D eigenvalue weighted by molar-refractivity contribution is 0.108. The third kappa shape index (κ3) is 3.65. The van der Waals surface area contributed by atoms with Gasteiger partial charge >= 0.3 is 0 Å². The van der Waals surface area contributed by atoms with E-state index in [4.69, 9.17) is 22.7 Å². The quantitative estimate of drug-likeness (QED) is 0.623. The number of nitrogens with one attached hydrogen (secondary N) is 1. The molecule has 0 aliphatic heterocycles. The lowest BCUT2D eigenvalue weighted by Gasteiger charge is -2.19. The summed E-state index contributed by atoms with van der Waals surface area (Å²) in [6, 6.07) is 6.65. The van der Waals surface area contributed by atoms with E-state index in [2.05, 4.69) is 30.4 Å². The fraction of sp³-hybridized carbons (Fsp3) is 0.533. The van der Waals surface area contributed by atoms with Crippen LogP contribution in [0.15, 0.2) is 23.1 Å². The summed E-state index contributed by atoms with van der Waals surface area (Å²) in [6.45, 7) is 2.13. The van der Waals surface area contributed by atoms with Gasteiger partial charge in [0.25, 0.3) is 0 Å². The second-order valence-electron chi connectivity index (χ2n) is 4.99. The third-order valence-electron chi connectivity index (χ3n) is 3.65. The number of hydrogen-bond donors (Lipinski definition) is 2. The van der Waals surface area contributed by atoms with Crippen molar-refractivity contribution < 1.29 is 4.74 Å². The van der Waals surface area contributed by atoms with Crippen molar-refractivity contribution in [2.75, 3.05) is 18.2 Å². The van der Waals surface area contributed by atoms with Crippen LogP contribution in [0.3, 0.4) is 0 Å². The van der Waals surface area contributed by atoms with Crippen LogP contribution in [0.25, 0.3) is 0 Å². The first-order chi connectivity index (χ1) is 9.65. The summed E-state index contributed by atoms with van der Waals surface area (Å²) in [6.07, 6.45) is 3.65. The Morgan fingerprint density at radius 3 is 2.90 bits per heavy atom. The van der Waals surface area contributed by atoms with Crippen molar-refractivity contribution in [2.45, 2.75) is 43.2 Å². The molecule has 0 heterocycles. The third-order valence-corrected chi connectivity index (χ3v) is 4.79. The van der Waals surface area contributed by atoms with Crippen molar-refractivity contribution in [3.8, 4) is 0 Å². The van der Waals surface area contributed by atoms with E-state index in [0.717, 1.165) is 41.2 Å². The average Bonchev–Trinajstić information content (AvgIpc) is 2.86. The highest BCUT2D eigenvalue weighted by molar-refractivity contribution is 7.99. The Morgan fingerprint density at radius 2 is 2.30 bits per heavy atom. The normalized spacial score (nSPS) is 21.9. The molecule has 1 saturated carbocycles. The number of thiocarbonyl (C=S) groups is 1. The van der Waals surface area contributed by atoms with E-state index >= 15 is 0 Å². The molecule has 20 heavy (non-hydrogen) atoms. The minimum atomic E-state index is 0.369. The molecule has 3 N–H and O–H groups in total. The van der Waals surface area contributed by atoms with Gasteiger partial charge in [0.2, 0.25) is 0 Å². The van der Waals surface area contributed by atoms with E-state index in [1.165, 1.54) is 0 Å². The van der Waals surface area contributed by atoms with Crippen LogP contribution >= 0.6 is 24.0 Å². The van der Waals surface area contributed by atoms with Crippen LogP contribution in [0.5, 0.6) is 0 Å². The molecular formula is C15H22N2OS2. The monoisotopic (exact) mass is 310 g/mol. The van der Waals surface area contributed by atoms with Gasteiger partial charge in [-0.15, -0.1) is 11.8 Å². The summed E-state index contributed by atoms with van der Waals surface area (Å²) < 4.78 is 5.42. The number of rotatable bonds is 6. The molecular weight excluding hydrogens is 288 g/mol. The zero-order valence-electron chi connectivity index (χ0n) is 12.0. The van der Waals surface area contributed by atoms with Gasteiger partial charge in [0.05, 0.1) is 6.10 Å². The molecule has 2 atom stereocenters. The fourth-order valence-corrected chi connectivity index (χ4v) is 3.82. The molecule has 0 saturated heterocycles. The van der Waals surface area contributed by atoms with Crippen LogP contribution in [0, 0.1) is 0 Å². The summed E-state index contributed by atoms with van der Waals surface area (Å²) in [7, 11) is 1.78. The summed E-state index contributed by atoms with van der Waals surface area (Å²) in [5.74, 6) is 1.01. The Morgan fingerprint density at radius 1 is 1.50 bits per heavy atom. The smallest absolute Gasteiger partial charge is 0.107 e. The predicted octanol–water partition coefficient (Wildman–Crippen LogP) is 3.41. The van der Waals surface area contributed by atoms with Gasteiger partial charge in [-0.05, 0) is 37.1 Å². The van der Waals surface area contributed by atoms with E-state index in [-0.39, 0.29) is 0 Å². The van der Waals surface area contributed by atoms with Crippen molar-refractivity contribution in [2.24, 2.45) is 5.73 Å². The number of anilines is 1. The predicted molar refractivity (Wildman–Crippen MR) is 90.8 cm³/mol. The van der Waals surface area contributed by atoms with Crippen molar-refractivity contribution in [1.82, 2.24) is 0 Å². The lowest BCUT2D eigenvalue weighted by Crippen LogP contribution is -2.21. The SMILES string of the molecule is CCSc1cccc(NC2CCC(OC)C2)c1C(N)=S. The van der Waals surface area contributed by atoms with Gasteiger partial charge < -0.3 is 15.8 Å². The van der Waals surface area contributed by atoms with E-state index in [1.54, 1.807) is 18.9 Å². The molecule has 0 aromatic heterocycles. The molecule has 3 nitrogen and oxygen atoms in total. The molecule has 0 amide bonds. The second-order valence-corrected chi connectivity index (χ2v) is 6.73. The highest BCUT2D eigenvalue weighted by Crippen LogP contribution is 2.31. The van der Waals surface area contributed by atoms with Gasteiger partial charge in [0.1, 0.15) is 4.99 Å². The first-order valence-corrected chi connectivity index (χ1v) is 8.40. The van der Waals surface area contributed by atoms with Gasteiger partial charge in [-0.1, -0.05) is 25.2 Å². The number of benzene rings is 1. The molecule has 2 unspecified atom stereocenters. The number of thioether (sulfide) groups is 1. The van der Waals surface area contributed by atoms with Crippen LogP contribution in [0.2, 0.25) is 0 Å². The molecule has 1 aromatic rings. The van der Waals surface area contributed by atoms with Crippen LogP contribution < -0.4 is 11.1 Å². The zero-order valence-corrected chi connectivity index (χ0v) is 13.7. The lowest BCUT2D eigenvalue weighted by atomic mass is 10.1. The molecule has 2 rings (SSSR count). The largest absolute Gasteiger partial charge is 0.389 e. The van der Waals surface area contributed by atoms with Crippen LogP contribution in [-0.2, 0) is 4.74 Å². The first-order valence-electron chi connectivity index (χ1n) is 7.00. The standard InChI is InChI=1S/C15H22N2OS2/c1-3-20-13-6-4-5-12(14(13)15(16)19)17-10-7-8-11(9-10)18-2/h4-6,10-11,17H,3,7-9H2,1-2H3,(H2,16,19). The Balaban J connectivity index is 2.18. The van der Waals surface area contributed by atoms with Gasteiger partial charge in [-0.3, -0.25) is 0 Å². The maximum absolute atomic E-state index is 5.93. The van der Waals surface area contributed by atoms with E-state index < -0.39 is 0 Å². The molecule has 1 aliphatic rings. The summed E-state index contributed by atoms with van der Waals surface area (Å²) in [5.41, 5.74) is 7.96. The molecule has 1 fully saturated rings. The number of ether oxygens (including phenoxy) is 1. The van der Waals surface area contributed by atoms with Crippen LogP contribution in [-0.4, -0.2) is 30.0 Å². The van der Waals surface area contributed by atoms with Crippen molar-refractivity contribution >= 4 is 34.7 Å². The molecule has 0 bridgehead atoms. The maximum atomic E-state index is 5.93. The minimum absolute atomic E-state index is 0.369.